The Kier molecular flexibility index (Phi) is 4.91. The summed E-state index contributed by atoms with van der Waals surface area (Å²) in [6, 6.07) is 8.40. The highest BCUT2D eigenvalue weighted by Crippen LogP contribution is 2.43. The predicted molar refractivity (Wildman–Crippen MR) is 103 cm³/mol. The fourth-order valence-electron chi connectivity index (χ4n) is 4.45. The highest BCUT2D eigenvalue weighted by molar-refractivity contribution is 5.80. The number of aliphatic imine (C=N–C) groups is 1. The molecule has 1 aromatic carbocycles. The van der Waals surface area contributed by atoms with Crippen molar-refractivity contribution in [3.8, 4) is 5.69 Å². The van der Waals surface area contributed by atoms with Crippen LogP contribution in [-0.4, -0.2) is 45.8 Å². The Morgan fingerprint density at radius 2 is 1.96 bits per heavy atom. The third kappa shape index (κ3) is 3.59. The van der Waals surface area contributed by atoms with E-state index in [4.69, 9.17) is 0 Å². The van der Waals surface area contributed by atoms with E-state index in [0.717, 1.165) is 31.3 Å². The molecule has 6 nitrogen and oxygen atoms in total. The zero-order valence-electron chi connectivity index (χ0n) is 15.6. The van der Waals surface area contributed by atoms with Crippen LogP contribution in [-0.2, 0) is 6.54 Å². The molecule has 2 aromatic rings. The van der Waals surface area contributed by atoms with Gasteiger partial charge in [-0.3, -0.25) is 4.99 Å². The fourth-order valence-corrected chi connectivity index (χ4v) is 4.45. The molecule has 2 fully saturated rings. The Morgan fingerprint density at radius 1 is 1.15 bits per heavy atom. The van der Waals surface area contributed by atoms with Crippen molar-refractivity contribution in [2.75, 3.05) is 20.1 Å². The van der Waals surface area contributed by atoms with Crippen LogP contribution in [0.3, 0.4) is 0 Å². The number of benzene rings is 1. The van der Waals surface area contributed by atoms with Gasteiger partial charge in [-0.05, 0) is 42.4 Å². The highest BCUT2D eigenvalue weighted by Gasteiger charge is 2.39. The zero-order valence-corrected chi connectivity index (χ0v) is 15.6. The second kappa shape index (κ2) is 7.48. The van der Waals surface area contributed by atoms with Crippen LogP contribution in [0.1, 0.15) is 44.1 Å². The van der Waals surface area contributed by atoms with Crippen molar-refractivity contribution < 1.29 is 0 Å². The summed E-state index contributed by atoms with van der Waals surface area (Å²) < 4.78 is 1.77. The van der Waals surface area contributed by atoms with Crippen molar-refractivity contribution >= 4 is 5.96 Å². The van der Waals surface area contributed by atoms with Crippen LogP contribution in [0.2, 0.25) is 0 Å². The molecule has 26 heavy (non-hydrogen) atoms. The molecular formula is C20H28N6. The number of aromatic nitrogens is 3. The summed E-state index contributed by atoms with van der Waals surface area (Å²) in [4.78, 5) is 11.0. The molecular weight excluding hydrogens is 324 g/mol. The molecule has 0 amide bonds. The average molecular weight is 352 g/mol. The molecule has 6 heteroatoms. The van der Waals surface area contributed by atoms with Crippen molar-refractivity contribution in [1.29, 1.82) is 0 Å². The van der Waals surface area contributed by atoms with Gasteiger partial charge in [-0.25, -0.2) is 9.67 Å². The van der Waals surface area contributed by atoms with Crippen LogP contribution in [0, 0.1) is 5.41 Å². The van der Waals surface area contributed by atoms with E-state index in [0.29, 0.717) is 5.41 Å². The van der Waals surface area contributed by atoms with E-state index in [2.05, 4.69) is 49.6 Å². The minimum atomic E-state index is 0.551. The van der Waals surface area contributed by atoms with Gasteiger partial charge in [-0.2, -0.15) is 5.10 Å². The average Bonchev–Trinajstić information content (AvgIpc) is 3.35. The number of guanidine groups is 1. The lowest BCUT2D eigenvalue weighted by Gasteiger charge is -2.33. The van der Waals surface area contributed by atoms with Gasteiger partial charge in [0.05, 0.1) is 5.69 Å². The molecule has 1 aliphatic heterocycles. The molecule has 1 aliphatic carbocycles. The first-order chi connectivity index (χ1) is 12.8. The monoisotopic (exact) mass is 352 g/mol. The number of rotatable bonds is 3. The molecule has 1 aromatic heterocycles. The summed E-state index contributed by atoms with van der Waals surface area (Å²) in [6.45, 7) is 3.08. The normalized spacial score (nSPS) is 19.9. The molecule has 1 saturated carbocycles. The zero-order chi connectivity index (χ0) is 17.8. The van der Waals surface area contributed by atoms with E-state index >= 15 is 0 Å². The minimum Gasteiger partial charge on any atom is -0.352 e. The number of hydrogen-bond donors (Lipinski definition) is 1. The van der Waals surface area contributed by atoms with E-state index in [1.54, 1.807) is 17.3 Å². The van der Waals surface area contributed by atoms with Crippen molar-refractivity contribution in [3.05, 3.63) is 42.5 Å². The van der Waals surface area contributed by atoms with Gasteiger partial charge in [0.1, 0.15) is 12.7 Å². The number of likely N-dealkylation sites (tertiary alicyclic amines) is 1. The van der Waals surface area contributed by atoms with E-state index < -0.39 is 0 Å². The van der Waals surface area contributed by atoms with Gasteiger partial charge in [0.25, 0.3) is 0 Å². The molecule has 4 rings (SSSR count). The molecule has 0 atom stereocenters. The molecule has 0 radical (unpaired) electrons. The standard InChI is InChI=1S/C20H28N6/c1-21-19(25-12-11-20(14-25)9-3-2-4-10-20)23-13-17-5-7-18(8-6-17)26-16-22-15-24-26/h5-8,15-16H,2-4,9-14H2,1H3,(H,21,23). The van der Waals surface area contributed by atoms with Crippen LogP contribution in [0.4, 0.5) is 0 Å². The van der Waals surface area contributed by atoms with Crippen molar-refractivity contribution in [3.63, 3.8) is 0 Å². The Bertz CT molecular complexity index is 728. The lowest BCUT2D eigenvalue weighted by Crippen LogP contribution is -2.41. The van der Waals surface area contributed by atoms with E-state index in [-0.39, 0.29) is 0 Å². The minimum absolute atomic E-state index is 0.551. The Balaban J connectivity index is 1.34. The first kappa shape index (κ1) is 17.1. The molecule has 2 heterocycles. The topological polar surface area (TPSA) is 58.3 Å². The van der Waals surface area contributed by atoms with E-state index in [1.807, 2.05) is 7.05 Å². The summed E-state index contributed by atoms with van der Waals surface area (Å²) in [5.74, 6) is 1.04. The second-order valence-electron chi connectivity index (χ2n) is 7.64. The summed E-state index contributed by atoms with van der Waals surface area (Å²) >= 11 is 0. The van der Waals surface area contributed by atoms with Crippen LogP contribution in [0.5, 0.6) is 0 Å². The molecule has 0 unspecified atom stereocenters. The van der Waals surface area contributed by atoms with Gasteiger partial charge in [0.2, 0.25) is 0 Å². The Hall–Kier alpha value is -2.37. The fraction of sp³-hybridized carbons (Fsp3) is 0.550. The predicted octanol–water partition coefficient (Wildman–Crippen LogP) is 3.00. The molecule has 1 saturated heterocycles. The van der Waals surface area contributed by atoms with Crippen LogP contribution in [0.15, 0.2) is 41.9 Å². The maximum absolute atomic E-state index is 4.53. The number of hydrogen-bond acceptors (Lipinski definition) is 3. The summed E-state index contributed by atoms with van der Waals surface area (Å²) in [5.41, 5.74) is 2.81. The van der Waals surface area contributed by atoms with Gasteiger partial charge in [-0.1, -0.05) is 31.4 Å². The van der Waals surface area contributed by atoms with Crippen molar-refractivity contribution in [1.82, 2.24) is 25.0 Å². The summed E-state index contributed by atoms with van der Waals surface area (Å²) in [6.07, 6.45) is 11.6. The van der Waals surface area contributed by atoms with E-state index in [1.165, 1.54) is 44.1 Å². The lowest BCUT2D eigenvalue weighted by atomic mass is 9.73. The third-order valence-electron chi connectivity index (χ3n) is 5.93. The maximum atomic E-state index is 4.53. The van der Waals surface area contributed by atoms with Gasteiger partial charge in [0, 0.05) is 26.7 Å². The molecule has 138 valence electrons. The van der Waals surface area contributed by atoms with Gasteiger partial charge >= 0.3 is 0 Å². The van der Waals surface area contributed by atoms with Gasteiger partial charge < -0.3 is 10.2 Å². The van der Waals surface area contributed by atoms with Crippen LogP contribution < -0.4 is 5.32 Å². The first-order valence-corrected chi connectivity index (χ1v) is 9.68. The molecule has 0 bridgehead atoms. The van der Waals surface area contributed by atoms with Crippen molar-refractivity contribution in [2.45, 2.75) is 45.1 Å². The highest BCUT2D eigenvalue weighted by atomic mass is 15.3. The molecule has 1 spiro atoms. The number of nitrogens with one attached hydrogen (secondary N) is 1. The second-order valence-corrected chi connectivity index (χ2v) is 7.64. The van der Waals surface area contributed by atoms with Crippen molar-refractivity contribution in [2.24, 2.45) is 10.4 Å². The summed E-state index contributed by atoms with van der Waals surface area (Å²) in [5, 5.41) is 7.71. The lowest BCUT2D eigenvalue weighted by molar-refractivity contribution is 0.203. The Morgan fingerprint density at radius 3 is 2.65 bits per heavy atom. The van der Waals surface area contributed by atoms with Crippen LogP contribution in [0.25, 0.3) is 5.69 Å². The third-order valence-corrected chi connectivity index (χ3v) is 5.93. The van der Waals surface area contributed by atoms with Crippen LogP contribution >= 0.6 is 0 Å². The molecule has 2 aliphatic rings. The molecule has 1 N–H and O–H groups in total. The smallest absolute Gasteiger partial charge is 0.193 e. The van der Waals surface area contributed by atoms with Gasteiger partial charge in [0.15, 0.2) is 5.96 Å². The quantitative estimate of drug-likeness (QED) is 0.681. The first-order valence-electron chi connectivity index (χ1n) is 9.68. The largest absolute Gasteiger partial charge is 0.352 e. The number of nitrogens with zero attached hydrogens (tertiary/aromatic N) is 5. The summed E-state index contributed by atoms with van der Waals surface area (Å²) in [7, 11) is 1.89. The Labute approximate surface area is 155 Å². The maximum Gasteiger partial charge on any atom is 0.193 e. The van der Waals surface area contributed by atoms with E-state index in [9.17, 15) is 0 Å². The SMILES string of the molecule is CN=C(NCc1ccc(-n2cncn2)cc1)N1CCC2(CCCCC2)C1. The van der Waals surface area contributed by atoms with Gasteiger partial charge in [-0.15, -0.1) is 0 Å².